The molecular formula is C10H32N2Na3O11. The summed E-state index contributed by atoms with van der Waals surface area (Å²) in [4.78, 5) is 36.0. The molecule has 151 valence electrons. The standard InChI is InChI=1S/C2H8N2.4C2H4O2.3Na.3H2O.2H/c3-1-2-4;4*1-2(3)4;;;;;;;;/h1-4H2;4*1H3,(H,3,4);;;;3*1H2;;. The van der Waals surface area contributed by atoms with Crippen molar-refractivity contribution in [3.8, 4) is 0 Å². The molecule has 0 saturated carbocycles. The van der Waals surface area contributed by atoms with E-state index in [0.29, 0.717) is 13.1 Å². The summed E-state index contributed by atoms with van der Waals surface area (Å²) in [5, 5.41) is 29.7. The van der Waals surface area contributed by atoms with Crippen molar-refractivity contribution in [2.75, 3.05) is 13.1 Å². The topological polar surface area (TPSA) is 296 Å². The van der Waals surface area contributed by atoms with E-state index in [-0.39, 0.29) is 105 Å². The minimum Gasteiger partial charge on any atom is 0 e. The Morgan fingerprint density at radius 1 is 0.577 bits per heavy atom. The molecule has 0 aromatic heterocycles. The van der Waals surface area contributed by atoms with Gasteiger partial charge in [-0.3, -0.25) is 19.2 Å². The predicted octanol–water partition coefficient (Wildman–Crippen LogP) is -4.88. The zero-order valence-electron chi connectivity index (χ0n) is 14.5. The zero-order chi connectivity index (χ0) is 17.7. The van der Waals surface area contributed by atoms with Gasteiger partial charge in [0, 0.05) is 70.3 Å². The van der Waals surface area contributed by atoms with Gasteiger partial charge in [-0.15, -0.1) is 0 Å². The largest absolute Gasteiger partial charge is 0 e. The van der Waals surface area contributed by atoms with Crippen LogP contribution in [0, 0.1) is 0 Å². The van der Waals surface area contributed by atoms with Crippen LogP contribution in [0.1, 0.15) is 27.7 Å². The van der Waals surface area contributed by atoms with E-state index in [2.05, 4.69) is 0 Å². The molecule has 26 heavy (non-hydrogen) atoms. The Kier molecular flexibility index (Phi) is 200. The summed E-state index contributed by atoms with van der Waals surface area (Å²) < 4.78 is 0. The minimum atomic E-state index is -0.833. The second-order valence-electron chi connectivity index (χ2n) is 2.65. The number of carboxylic acid groups (broad SMARTS) is 4. The summed E-state index contributed by atoms with van der Waals surface area (Å²) in [5.41, 5.74) is 9.81. The van der Waals surface area contributed by atoms with Crippen molar-refractivity contribution >= 4 is 113 Å². The molecule has 0 bridgehead atoms. The van der Waals surface area contributed by atoms with Crippen molar-refractivity contribution < 1.29 is 56.0 Å². The van der Waals surface area contributed by atoms with Crippen molar-refractivity contribution in [3.05, 3.63) is 0 Å². The SMILES string of the molecule is CC(=O)O.CC(=O)O.CC(=O)O.CC(=O)O.NCCN.O.O.O.[NaH].[NaH].[Na]. The number of carbonyl (C=O) groups is 4. The van der Waals surface area contributed by atoms with Gasteiger partial charge in [0.15, 0.2) is 0 Å². The van der Waals surface area contributed by atoms with Crippen LogP contribution in [0.2, 0.25) is 0 Å². The summed E-state index contributed by atoms with van der Waals surface area (Å²) in [7, 11) is 0. The van der Waals surface area contributed by atoms with Gasteiger partial charge in [-0.2, -0.15) is 0 Å². The van der Waals surface area contributed by atoms with Crippen LogP contribution in [-0.2, 0) is 19.2 Å². The maximum atomic E-state index is 9.00. The van der Waals surface area contributed by atoms with E-state index < -0.39 is 23.9 Å². The van der Waals surface area contributed by atoms with Crippen molar-refractivity contribution in [2.24, 2.45) is 11.5 Å². The Morgan fingerprint density at radius 2 is 0.615 bits per heavy atom. The van der Waals surface area contributed by atoms with Crippen LogP contribution < -0.4 is 11.5 Å². The summed E-state index contributed by atoms with van der Waals surface area (Å²) in [6.07, 6.45) is 0. The molecule has 16 heteroatoms. The second-order valence-corrected chi connectivity index (χ2v) is 2.65. The second kappa shape index (κ2) is 72.6. The Balaban J connectivity index is -0.0000000114. The van der Waals surface area contributed by atoms with Gasteiger partial charge in [-0.25, -0.2) is 0 Å². The number of rotatable bonds is 1. The summed E-state index contributed by atoms with van der Waals surface area (Å²) in [5.74, 6) is -3.33. The van der Waals surface area contributed by atoms with Crippen molar-refractivity contribution in [1.82, 2.24) is 0 Å². The maximum absolute atomic E-state index is 9.00. The van der Waals surface area contributed by atoms with Crippen LogP contribution in [0.5, 0.6) is 0 Å². The molecule has 0 aromatic rings. The first-order valence-corrected chi connectivity index (χ1v) is 5.03. The number of aliphatic carboxylic acids is 4. The first-order valence-electron chi connectivity index (χ1n) is 5.03. The molecule has 0 aromatic carbocycles. The number of nitrogens with two attached hydrogens (primary N) is 2. The molecule has 0 aliphatic rings. The van der Waals surface area contributed by atoms with Crippen LogP contribution >= 0.6 is 0 Å². The molecule has 0 amide bonds. The smallest absolute Gasteiger partial charge is 0 e. The van der Waals surface area contributed by atoms with Gasteiger partial charge in [0.1, 0.15) is 0 Å². The Morgan fingerprint density at radius 3 is 0.615 bits per heavy atom. The monoisotopic (exact) mass is 425 g/mol. The molecule has 14 N–H and O–H groups in total. The molecule has 0 aliphatic heterocycles. The summed E-state index contributed by atoms with van der Waals surface area (Å²) in [6.45, 7) is 5.53. The Labute approximate surface area is 218 Å². The van der Waals surface area contributed by atoms with Gasteiger partial charge in [-0.1, -0.05) is 0 Å². The fourth-order valence-electron chi connectivity index (χ4n) is 0. The van der Waals surface area contributed by atoms with Crippen molar-refractivity contribution in [2.45, 2.75) is 27.7 Å². The van der Waals surface area contributed by atoms with Gasteiger partial charge in [0.25, 0.3) is 23.9 Å². The van der Waals surface area contributed by atoms with E-state index in [9.17, 15) is 0 Å². The molecular weight excluding hydrogens is 393 g/mol. The third kappa shape index (κ3) is 4900. The van der Waals surface area contributed by atoms with Crippen LogP contribution in [0.25, 0.3) is 0 Å². The zero-order valence-corrected chi connectivity index (χ0v) is 16.5. The molecule has 0 spiro atoms. The molecule has 0 fully saturated rings. The van der Waals surface area contributed by atoms with Gasteiger partial charge in [0.05, 0.1) is 0 Å². The summed E-state index contributed by atoms with van der Waals surface area (Å²) >= 11 is 0. The van der Waals surface area contributed by atoms with Gasteiger partial charge < -0.3 is 48.3 Å². The van der Waals surface area contributed by atoms with Crippen molar-refractivity contribution in [3.63, 3.8) is 0 Å². The quantitative estimate of drug-likeness (QED) is 0.217. The average molecular weight is 425 g/mol. The molecule has 0 rings (SSSR count). The average Bonchev–Trinajstić information content (AvgIpc) is 2.13. The first kappa shape index (κ1) is 71.6. The fraction of sp³-hybridized carbons (Fsp3) is 0.600. The van der Waals surface area contributed by atoms with Crippen molar-refractivity contribution in [1.29, 1.82) is 0 Å². The third-order valence-electron chi connectivity index (χ3n) is 0.167. The third-order valence-corrected chi connectivity index (χ3v) is 0.167. The van der Waals surface area contributed by atoms with E-state index in [1.54, 1.807) is 0 Å². The van der Waals surface area contributed by atoms with E-state index in [0.717, 1.165) is 27.7 Å². The fourth-order valence-corrected chi connectivity index (χ4v) is 0. The Bertz CT molecular complexity index is 207. The number of carboxylic acids is 4. The molecule has 0 saturated heterocycles. The normalized spacial score (nSPS) is 5.00. The van der Waals surface area contributed by atoms with E-state index in [1.165, 1.54) is 0 Å². The minimum absolute atomic E-state index is 0. The van der Waals surface area contributed by atoms with E-state index >= 15 is 0 Å². The van der Waals surface area contributed by atoms with E-state index in [1.807, 2.05) is 0 Å². The maximum Gasteiger partial charge on any atom is 0 e. The number of hydrogen-bond donors (Lipinski definition) is 6. The molecule has 0 unspecified atom stereocenters. The van der Waals surface area contributed by atoms with Gasteiger partial charge >= 0.3 is 59.1 Å². The van der Waals surface area contributed by atoms with E-state index in [4.69, 9.17) is 51.1 Å². The molecule has 0 aliphatic carbocycles. The predicted molar refractivity (Wildman–Crippen MR) is 102 cm³/mol. The van der Waals surface area contributed by atoms with Gasteiger partial charge in [0.2, 0.25) is 0 Å². The molecule has 0 heterocycles. The Hall–Kier alpha value is 0.680. The molecule has 1 radical (unpaired) electrons. The molecule has 13 nitrogen and oxygen atoms in total. The van der Waals surface area contributed by atoms with Crippen LogP contribution in [0.15, 0.2) is 0 Å². The van der Waals surface area contributed by atoms with Crippen LogP contribution in [0.4, 0.5) is 0 Å². The summed E-state index contributed by atoms with van der Waals surface area (Å²) in [6, 6.07) is 0. The molecule has 0 atom stereocenters. The van der Waals surface area contributed by atoms with Crippen LogP contribution in [0.3, 0.4) is 0 Å². The number of hydrogen-bond acceptors (Lipinski definition) is 6. The first-order chi connectivity index (χ1) is 8.84. The van der Waals surface area contributed by atoms with Gasteiger partial charge in [-0.05, 0) is 0 Å². The van der Waals surface area contributed by atoms with Crippen LogP contribution in [-0.4, -0.2) is 162 Å².